The Bertz CT molecular complexity index is 937. The Hall–Kier alpha value is -2.32. The molecule has 4 rings (SSSR count). The smallest absolute Gasteiger partial charge is 0.256 e. The van der Waals surface area contributed by atoms with Crippen molar-refractivity contribution in [2.24, 2.45) is 0 Å². The summed E-state index contributed by atoms with van der Waals surface area (Å²) in [4.78, 5) is 22.0. The quantitative estimate of drug-likeness (QED) is 0.695. The van der Waals surface area contributed by atoms with Crippen LogP contribution in [-0.2, 0) is 0 Å². The summed E-state index contributed by atoms with van der Waals surface area (Å²) in [6.45, 7) is 4.50. The Balaban J connectivity index is 1.40. The van der Waals surface area contributed by atoms with Crippen LogP contribution in [0.5, 0.6) is 5.75 Å². The molecule has 6 nitrogen and oxygen atoms in total. The van der Waals surface area contributed by atoms with Gasteiger partial charge in [0.2, 0.25) is 0 Å². The summed E-state index contributed by atoms with van der Waals surface area (Å²) < 4.78 is 5.21. The molecule has 0 bridgehead atoms. The molecular formula is C23H28N4O2S2. The minimum absolute atomic E-state index is 0.117. The Labute approximate surface area is 193 Å². The van der Waals surface area contributed by atoms with Crippen LogP contribution in [0.2, 0.25) is 0 Å². The van der Waals surface area contributed by atoms with Gasteiger partial charge in [0.25, 0.3) is 5.91 Å². The van der Waals surface area contributed by atoms with Crippen molar-refractivity contribution < 1.29 is 9.53 Å². The van der Waals surface area contributed by atoms with Gasteiger partial charge in [0.1, 0.15) is 5.75 Å². The van der Waals surface area contributed by atoms with Gasteiger partial charge in [-0.25, -0.2) is 0 Å². The molecule has 0 atom stereocenters. The zero-order valence-corrected chi connectivity index (χ0v) is 19.6. The highest BCUT2D eigenvalue weighted by atomic mass is 32.2. The molecule has 0 radical (unpaired) electrons. The van der Waals surface area contributed by atoms with Crippen LogP contribution >= 0.6 is 24.0 Å². The summed E-state index contributed by atoms with van der Waals surface area (Å²) in [6.07, 6.45) is 1.85. The number of methoxy groups -OCH3 is 1. The molecule has 2 aromatic rings. The Morgan fingerprint density at radius 1 is 1.13 bits per heavy atom. The van der Waals surface area contributed by atoms with E-state index in [2.05, 4.69) is 10.2 Å². The average molecular weight is 457 g/mol. The van der Waals surface area contributed by atoms with E-state index >= 15 is 0 Å². The van der Waals surface area contributed by atoms with Gasteiger partial charge in [-0.1, -0.05) is 0 Å². The first kappa shape index (κ1) is 21.9. The van der Waals surface area contributed by atoms with Crippen molar-refractivity contribution in [1.82, 2.24) is 14.8 Å². The number of hydrogen-bond donors (Lipinski definition) is 1. The second-order valence-electron chi connectivity index (χ2n) is 7.91. The minimum atomic E-state index is 0.117. The zero-order valence-electron chi connectivity index (χ0n) is 18.0. The first-order valence-electron chi connectivity index (χ1n) is 10.6. The second-order valence-corrected chi connectivity index (χ2v) is 9.37. The predicted octanol–water partition coefficient (Wildman–Crippen LogP) is 4.12. The number of thioether (sulfide) groups is 1. The van der Waals surface area contributed by atoms with Gasteiger partial charge in [-0.2, -0.15) is 0 Å². The molecule has 164 valence electrons. The third-order valence-electron chi connectivity index (χ3n) is 5.84. The Morgan fingerprint density at radius 3 is 2.52 bits per heavy atom. The van der Waals surface area contributed by atoms with Gasteiger partial charge in [0.05, 0.1) is 24.2 Å². The number of rotatable bonds is 4. The molecule has 8 heteroatoms. The fourth-order valence-electron chi connectivity index (χ4n) is 4.05. The van der Waals surface area contributed by atoms with Crippen molar-refractivity contribution >= 4 is 40.7 Å². The van der Waals surface area contributed by atoms with Crippen LogP contribution in [-0.4, -0.2) is 64.2 Å². The van der Waals surface area contributed by atoms with Crippen LogP contribution in [0.25, 0.3) is 0 Å². The number of benzene rings is 1. The molecule has 2 fully saturated rings. The van der Waals surface area contributed by atoms with Crippen LogP contribution in [0.15, 0.2) is 36.4 Å². The van der Waals surface area contributed by atoms with Gasteiger partial charge >= 0.3 is 0 Å². The number of pyridine rings is 1. The number of thiocarbonyl (C=S) groups is 1. The van der Waals surface area contributed by atoms with Crippen molar-refractivity contribution in [3.8, 4) is 5.75 Å². The minimum Gasteiger partial charge on any atom is -0.497 e. The molecular weight excluding hydrogens is 428 g/mol. The number of aryl methyl sites for hydroxylation is 1. The van der Waals surface area contributed by atoms with Gasteiger partial charge in [-0.15, -0.1) is 11.8 Å². The van der Waals surface area contributed by atoms with E-state index in [0.717, 1.165) is 77.6 Å². The highest BCUT2D eigenvalue weighted by Crippen LogP contribution is 2.31. The second kappa shape index (κ2) is 9.87. The molecule has 0 unspecified atom stereocenters. The van der Waals surface area contributed by atoms with Gasteiger partial charge in [0, 0.05) is 42.7 Å². The van der Waals surface area contributed by atoms with Crippen molar-refractivity contribution in [3.63, 3.8) is 0 Å². The number of ether oxygens (including phenoxy) is 1. The summed E-state index contributed by atoms with van der Waals surface area (Å²) in [5, 5.41) is 4.04. The van der Waals surface area contributed by atoms with E-state index in [-0.39, 0.29) is 11.8 Å². The number of aromatic nitrogens is 1. The molecule has 0 saturated carbocycles. The molecule has 2 aliphatic rings. The summed E-state index contributed by atoms with van der Waals surface area (Å²) in [5.41, 5.74) is 3.63. The van der Waals surface area contributed by atoms with Gasteiger partial charge in [-0.3, -0.25) is 9.78 Å². The third kappa shape index (κ3) is 5.13. The van der Waals surface area contributed by atoms with Crippen molar-refractivity contribution in [3.05, 3.63) is 53.3 Å². The van der Waals surface area contributed by atoms with E-state index in [9.17, 15) is 4.79 Å². The normalized spacial score (nSPS) is 17.0. The SMILES string of the molecule is COc1ccc(NC(=S)N2CCC(c3nc(C)ccc3C(=O)N3CCSC3)CC2)cc1. The lowest BCUT2D eigenvalue weighted by molar-refractivity contribution is 0.0800. The van der Waals surface area contributed by atoms with E-state index in [4.69, 9.17) is 21.9 Å². The van der Waals surface area contributed by atoms with Gasteiger partial charge < -0.3 is 19.9 Å². The van der Waals surface area contributed by atoms with Crippen molar-refractivity contribution in [2.75, 3.05) is 43.7 Å². The van der Waals surface area contributed by atoms with Gasteiger partial charge in [0.15, 0.2) is 5.11 Å². The number of amides is 1. The van der Waals surface area contributed by atoms with Crippen LogP contribution < -0.4 is 10.1 Å². The number of nitrogens with one attached hydrogen (secondary N) is 1. The third-order valence-corrected chi connectivity index (χ3v) is 7.17. The molecule has 1 amide bonds. The first-order chi connectivity index (χ1) is 15.0. The highest BCUT2D eigenvalue weighted by molar-refractivity contribution is 7.99. The number of carbonyl (C=O) groups is 1. The van der Waals surface area contributed by atoms with Crippen LogP contribution in [0.4, 0.5) is 5.69 Å². The van der Waals surface area contributed by atoms with Crippen LogP contribution in [0, 0.1) is 6.92 Å². The number of hydrogen-bond acceptors (Lipinski definition) is 5. The maximum absolute atomic E-state index is 13.1. The van der Waals surface area contributed by atoms with Gasteiger partial charge in [-0.05, 0) is 68.4 Å². The van der Waals surface area contributed by atoms with E-state index in [1.165, 1.54) is 0 Å². The molecule has 0 spiro atoms. The number of carbonyl (C=O) groups excluding carboxylic acids is 1. The molecule has 2 saturated heterocycles. The van der Waals surface area contributed by atoms with E-state index < -0.39 is 0 Å². The fraction of sp³-hybridized carbons (Fsp3) is 0.435. The summed E-state index contributed by atoms with van der Waals surface area (Å²) in [5.74, 6) is 2.99. The number of nitrogens with zero attached hydrogens (tertiary/aromatic N) is 3. The maximum atomic E-state index is 13.1. The van der Waals surface area contributed by atoms with E-state index in [1.807, 2.05) is 48.2 Å². The maximum Gasteiger partial charge on any atom is 0.256 e. The molecule has 0 aliphatic carbocycles. The molecule has 1 aromatic heterocycles. The van der Waals surface area contributed by atoms with E-state index in [1.54, 1.807) is 18.9 Å². The summed E-state index contributed by atoms with van der Waals surface area (Å²) in [7, 11) is 1.66. The zero-order chi connectivity index (χ0) is 21.8. The van der Waals surface area contributed by atoms with Crippen LogP contribution in [0.3, 0.4) is 0 Å². The summed E-state index contributed by atoms with van der Waals surface area (Å²) in [6, 6.07) is 11.7. The largest absolute Gasteiger partial charge is 0.497 e. The topological polar surface area (TPSA) is 57.7 Å². The van der Waals surface area contributed by atoms with Crippen LogP contribution in [0.1, 0.15) is 40.5 Å². The lowest BCUT2D eigenvalue weighted by atomic mass is 9.90. The lowest BCUT2D eigenvalue weighted by Crippen LogP contribution is -2.41. The monoisotopic (exact) mass is 456 g/mol. The fourth-order valence-corrected chi connectivity index (χ4v) is 5.29. The van der Waals surface area contributed by atoms with Crippen molar-refractivity contribution in [1.29, 1.82) is 0 Å². The Morgan fingerprint density at radius 2 is 1.87 bits per heavy atom. The summed E-state index contributed by atoms with van der Waals surface area (Å²) >= 11 is 7.44. The Kier molecular flexibility index (Phi) is 6.97. The molecule has 3 heterocycles. The number of likely N-dealkylation sites (tertiary alicyclic amines) is 1. The average Bonchev–Trinajstić information content (AvgIpc) is 3.34. The lowest BCUT2D eigenvalue weighted by Gasteiger charge is -2.34. The van der Waals surface area contributed by atoms with Crippen molar-refractivity contribution in [2.45, 2.75) is 25.7 Å². The predicted molar refractivity (Wildman–Crippen MR) is 130 cm³/mol. The first-order valence-corrected chi connectivity index (χ1v) is 12.2. The standard InChI is InChI=1S/C23H28N4O2S2/c1-16-3-8-20(22(28)27-13-14-31-15-27)21(24-16)17-9-11-26(12-10-17)23(30)25-18-4-6-19(29-2)7-5-18/h3-8,17H,9-15H2,1-2H3,(H,25,30). The molecule has 2 aliphatic heterocycles. The number of piperidine rings is 1. The molecule has 1 N–H and O–H groups in total. The molecule has 1 aromatic carbocycles. The number of anilines is 1. The molecule has 31 heavy (non-hydrogen) atoms. The highest BCUT2D eigenvalue weighted by Gasteiger charge is 2.29. The van der Waals surface area contributed by atoms with E-state index in [0.29, 0.717) is 0 Å².